The lowest BCUT2D eigenvalue weighted by Crippen LogP contribution is -2.41. The lowest BCUT2D eigenvalue weighted by atomic mass is 9.94. The van der Waals surface area contributed by atoms with Gasteiger partial charge in [-0.3, -0.25) is 19.3 Å². The Hall–Kier alpha value is -3.91. The third-order valence-electron chi connectivity index (χ3n) is 7.30. The number of anilines is 1. The molecule has 0 spiro atoms. The zero-order chi connectivity index (χ0) is 25.5. The molecular formula is C29H27N3O4S. The summed E-state index contributed by atoms with van der Waals surface area (Å²) in [4.78, 5) is 46.0. The van der Waals surface area contributed by atoms with Crippen molar-refractivity contribution in [2.24, 2.45) is 5.92 Å². The Labute approximate surface area is 218 Å². The molecule has 6 rings (SSSR count). The predicted octanol–water partition coefficient (Wildman–Crippen LogP) is 5.17. The van der Waals surface area contributed by atoms with Gasteiger partial charge in [0.2, 0.25) is 5.91 Å². The van der Waals surface area contributed by atoms with E-state index in [1.165, 1.54) is 4.90 Å². The number of benzene rings is 2. The normalized spacial score (nSPS) is 16.0. The second-order valence-electron chi connectivity index (χ2n) is 9.68. The summed E-state index contributed by atoms with van der Waals surface area (Å²) in [6, 6.07) is 19.3. The van der Waals surface area contributed by atoms with Crippen molar-refractivity contribution in [3.8, 4) is 0 Å². The molecule has 2 aromatic carbocycles. The molecule has 3 amide bonds. The maximum atomic E-state index is 13.5. The van der Waals surface area contributed by atoms with Crippen molar-refractivity contribution >= 4 is 44.8 Å². The van der Waals surface area contributed by atoms with Gasteiger partial charge in [0.15, 0.2) is 0 Å². The number of rotatable bonds is 6. The zero-order valence-corrected chi connectivity index (χ0v) is 21.4. The molecule has 4 heterocycles. The molecule has 2 aliphatic heterocycles. The molecule has 0 atom stereocenters. The van der Waals surface area contributed by atoms with E-state index in [0.717, 1.165) is 26.4 Å². The summed E-state index contributed by atoms with van der Waals surface area (Å²) in [5.41, 5.74) is 1.72. The molecule has 188 valence electrons. The van der Waals surface area contributed by atoms with Crippen LogP contribution in [0.1, 0.15) is 44.2 Å². The van der Waals surface area contributed by atoms with Gasteiger partial charge in [-0.25, -0.2) is 0 Å². The third kappa shape index (κ3) is 4.31. The van der Waals surface area contributed by atoms with Crippen molar-refractivity contribution in [3.05, 3.63) is 88.7 Å². The SMILES string of the molecule is CN(Cc1ccco1)C(=O)C1CCN(c2cccc3c2C(=O)N(Cc2cc4ccccc4s2)C3=O)CC1. The van der Waals surface area contributed by atoms with E-state index in [1.807, 2.05) is 48.5 Å². The molecular weight excluding hydrogens is 486 g/mol. The Morgan fingerprint density at radius 2 is 1.84 bits per heavy atom. The molecule has 2 aromatic heterocycles. The number of thiophene rings is 1. The van der Waals surface area contributed by atoms with Crippen molar-refractivity contribution < 1.29 is 18.8 Å². The molecule has 4 aromatic rings. The minimum Gasteiger partial charge on any atom is -0.467 e. The van der Waals surface area contributed by atoms with Crippen molar-refractivity contribution in [2.75, 3.05) is 25.0 Å². The van der Waals surface area contributed by atoms with Gasteiger partial charge in [-0.15, -0.1) is 11.3 Å². The molecule has 37 heavy (non-hydrogen) atoms. The lowest BCUT2D eigenvalue weighted by molar-refractivity contribution is -0.135. The Balaban J connectivity index is 1.16. The molecule has 0 radical (unpaired) electrons. The summed E-state index contributed by atoms with van der Waals surface area (Å²) >= 11 is 1.61. The second-order valence-corrected chi connectivity index (χ2v) is 10.9. The van der Waals surface area contributed by atoms with Crippen LogP contribution in [-0.4, -0.2) is 47.7 Å². The minimum atomic E-state index is -0.246. The van der Waals surface area contributed by atoms with Crippen LogP contribution >= 0.6 is 11.3 Å². The summed E-state index contributed by atoms with van der Waals surface area (Å²) in [7, 11) is 1.80. The van der Waals surface area contributed by atoms with Crippen LogP contribution in [0, 0.1) is 5.92 Å². The van der Waals surface area contributed by atoms with Crippen molar-refractivity contribution in [2.45, 2.75) is 25.9 Å². The van der Waals surface area contributed by atoms with Gasteiger partial charge < -0.3 is 14.2 Å². The standard InChI is InChI=1S/C29H27N3O4S/c1-30(17-21-7-5-15-36-21)27(33)19-11-13-31(14-12-19)24-9-4-8-23-26(24)29(35)32(28(23)34)18-22-16-20-6-2-3-10-25(20)37-22/h2-10,15-16,19H,11-14,17-18H2,1H3. The number of hydrogen-bond donors (Lipinski definition) is 0. The van der Waals surface area contributed by atoms with Crippen molar-refractivity contribution in [3.63, 3.8) is 0 Å². The first kappa shape index (κ1) is 23.5. The average molecular weight is 514 g/mol. The van der Waals surface area contributed by atoms with Crippen LogP contribution in [0.25, 0.3) is 10.1 Å². The fraction of sp³-hybridized carbons (Fsp3) is 0.276. The number of carbonyl (C=O) groups is 3. The number of fused-ring (bicyclic) bond motifs is 2. The van der Waals surface area contributed by atoms with Crippen LogP contribution in [-0.2, 0) is 17.9 Å². The van der Waals surface area contributed by atoms with E-state index >= 15 is 0 Å². The van der Waals surface area contributed by atoms with Gasteiger partial charge in [0.1, 0.15) is 5.76 Å². The molecule has 2 aliphatic rings. The molecule has 8 heteroatoms. The van der Waals surface area contributed by atoms with E-state index in [9.17, 15) is 14.4 Å². The first-order valence-electron chi connectivity index (χ1n) is 12.5. The summed E-state index contributed by atoms with van der Waals surface area (Å²) in [5, 5.41) is 1.12. The first-order chi connectivity index (χ1) is 18.0. The van der Waals surface area contributed by atoms with E-state index < -0.39 is 0 Å². The van der Waals surface area contributed by atoms with Crippen LogP contribution in [0.4, 0.5) is 5.69 Å². The fourth-order valence-corrected chi connectivity index (χ4v) is 6.44. The largest absolute Gasteiger partial charge is 0.467 e. The Morgan fingerprint density at radius 1 is 1.03 bits per heavy atom. The molecule has 0 aliphatic carbocycles. The molecule has 1 saturated heterocycles. The van der Waals surface area contributed by atoms with Crippen LogP contribution < -0.4 is 4.90 Å². The van der Waals surface area contributed by atoms with Crippen LogP contribution in [0.5, 0.6) is 0 Å². The number of piperidine rings is 1. The second kappa shape index (κ2) is 9.52. The van der Waals surface area contributed by atoms with Gasteiger partial charge in [0, 0.05) is 35.6 Å². The fourth-order valence-electron chi connectivity index (χ4n) is 5.39. The van der Waals surface area contributed by atoms with E-state index in [2.05, 4.69) is 11.0 Å². The number of hydrogen-bond acceptors (Lipinski definition) is 6. The van der Waals surface area contributed by atoms with E-state index in [0.29, 0.717) is 43.6 Å². The number of imide groups is 1. The van der Waals surface area contributed by atoms with Crippen molar-refractivity contribution in [1.29, 1.82) is 0 Å². The molecule has 7 nitrogen and oxygen atoms in total. The molecule has 0 saturated carbocycles. The number of furan rings is 1. The summed E-state index contributed by atoms with van der Waals surface area (Å²) < 4.78 is 6.52. The van der Waals surface area contributed by atoms with Crippen LogP contribution in [0.2, 0.25) is 0 Å². The summed E-state index contributed by atoms with van der Waals surface area (Å²) in [6.45, 7) is 2.02. The van der Waals surface area contributed by atoms with Crippen LogP contribution in [0.3, 0.4) is 0 Å². The quantitative estimate of drug-likeness (QED) is 0.333. The van der Waals surface area contributed by atoms with Gasteiger partial charge in [0.25, 0.3) is 11.8 Å². The highest BCUT2D eigenvalue weighted by Gasteiger charge is 2.39. The number of nitrogens with zero attached hydrogens (tertiary/aromatic N) is 3. The maximum absolute atomic E-state index is 13.5. The topological polar surface area (TPSA) is 74.1 Å². The minimum absolute atomic E-state index is 0.0743. The Kier molecular flexibility index (Phi) is 6.04. The first-order valence-corrected chi connectivity index (χ1v) is 13.3. The molecule has 0 bridgehead atoms. The number of amides is 3. The number of carbonyl (C=O) groups excluding carboxylic acids is 3. The highest BCUT2D eigenvalue weighted by molar-refractivity contribution is 7.19. The van der Waals surface area contributed by atoms with Gasteiger partial charge in [-0.2, -0.15) is 0 Å². The maximum Gasteiger partial charge on any atom is 0.264 e. The highest BCUT2D eigenvalue weighted by atomic mass is 32.1. The third-order valence-corrected chi connectivity index (χ3v) is 8.40. The Morgan fingerprint density at radius 3 is 2.59 bits per heavy atom. The summed E-state index contributed by atoms with van der Waals surface area (Å²) in [5.74, 6) is 0.301. The van der Waals surface area contributed by atoms with Gasteiger partial charge in [-0.05, 0) is 54.6 Å². The monoisotopic (exact) mass is 513 g/mol. The van der Waals surface area contributed by atoms with Gasteiger partial charge >= 0.3 is 0 Å². The highest BCUT2D eigenvalue weighted by Crippen LogP contribution is 2.36. The van der Waals surface area contributed by atoms with E-state index in [-0.39, 0.29) is 30.2 Å². The van der Waals surface area contributed by atoms with Crippen LogP contribution in [0.15, 0.2) is 71.3 Å². The predicted molar refractivity (Wildman–Crippen MR) is 143 cm³/mol. The van der Waals surface area contributed by atoms with E-state index in [4.69, 9.17) is 4.42 Å². The van der Waals surface area contributed by atoms with E-state index in [1.54, 1.807) is 35.6 Å². The Bertz CT molecular complexity index is 1450. The lowest BCUT2D eigenvalue weighted by Gasteiger charge is -2.35. The average Bonchev–Trinajstić information content (AvgIpc) is 3.64. The molecule has 0 N–H and O–H groups in total. The summed E-state index contributed by atoms with van der Waals surface area (Å²) in [6.07, 6.45) is 3.00. The zero-order valence-electron chi connectivity index (χ0n) is 20.6. The molecule has 1 fully saturated rings. The van der Waals surface area contributed by atoms with Gasteiger partial charge in [-0.1, -0.05) is 24.3 Å². The smallest absolute Gasteiger partial charge is 0.264 e. The van der Waals surface area contributed by atoms with Crippen molar-refractivity contribution in [1.82, 2.24) is 9.80 Å². The molecule has 0 unspecified atom stereocenters. The van der Waals surface area contributed by atoms with Gasteiger partial charge in [0.05, 0.1) is 36.2 Å².